The second-order valence-corrected chi connectivity index (χ2v) is 6.74. The van der Waals surface area contributed by atoms with E-state index in [1.165, 1.54) is 0 Å². The molecular formula is C18H23ClN4O2. The summed E-state index contributed by atoms with van der Waals surface area (Å²) < 4.78 is 1.87. The van der Waals surface area contributed by atoms with Crippen LogP contribution in [-0.2, 0) is 17.9 Å². The van der Waals surface area contributed by atoms with Gasteiger partial charge < -0.3 is 14.6 Å². The maximum Gasteiger partial charge on any atom is 0.242 e. The van der Waals surface area contributed by atoms with Crippen molar-refractivity contribution in [2.24, 2.45) is 0 Å². The van der Waals surface area contributed by atoms with Crippen molar-refractivity contribution in [2.75, 3.05) is 26.2 Å². The van der Waals surface area contributed by atoms with Gasteiger partial charge in [-0.15, -0.1) is 0 Å². The van der Waals surface area contributed by atoms with Crippen LogP contribution >= 0.6 is 11.6 Å². The van der Waals surface area contributed by atoms with Crippen molar-refractivity contribution in [3.05, 3.63) is 47.0 Å². The molecule has 134 valence electrons. The highest BCUT2D eigenvalue weighted by Gasteiger charge is 2.20. The first kappa shape index (κ1) is 17.8. The number of aromatic nitrogens is 2. The smallest absolute Gasteiger partial charge is 0.242 e. The van der Waals surface area contributed by atoms with Crippen molar-refractivity contribution in [2.45, 2.75) is 26.4 Å². The highest BCUT2D eigenvalue weighted by molar-refractivity contribution is 6.32. The van der Waals surface area contributed by atoms with E-state index < -0.39 is 0 Å². The number of phenols is 1. The SMILES string of the molecule is Cc1nccn1CC(=O)N1CCCN(Cc2cccc(O)c2Cl)CC1. The maximum absolute atomic E-state index is 12.5. The largest absolute Gasteiger partial charge is 0.506 e. The fourth-order valence-electron chi connectivity index (χ4n) is 3.12. The number of amides is 1. The molecule has 0 atom stereocenters. The van der Waals surface area contributed by atoms with Gasteiger partial charge in [-0.25, -0.2) is 4.98 Å². The Labute approximate surface area is 152 Å². The summed E-state index contributed by atoms with van der Waals surface area (Å²) in [6.07, 6.45) is 4.47. The molecule has 1 aromatic carbocycles. The molecule has 0 spiro atoms. The quantitative estimate of drug-likeness (QED) is 0.906. The van der Waals surface area contributed by atoms with Crippen LogP contribution < -0.4 is 0 Å². The fraction of sp³-hybridized carbons (Fsp3) is 0.444. The topological polar surface area (TPSA) is 61.6 Å². The first-order chi connectivity index (χ1) is 12.0. The molecule has 1 N–H and O–H groups in total. The molecule has 25 heavy (non-hydrogen) atoms. The average Bonchev–Trinajstić information content (AvgIpc) is 2.84. The molecule has 3 rings (SSSR count). The number of halogens is 1. The lowest BCUT2D eigenvalue weighted by Crippen LogP contribution is -2.37. The Balaban J connectivity index is 1.57. The summed E-state index contributed by atoms with van der Waals surface area (Å²) >= 11 is 6.18. The Kier molecular flexibility index (Phi) is 5.60. The van der Waals surface area contributed by atoms with Gasteiger partial charge in [0, 0.05) is 45.1 Å². The van der Waals surface area contributed by atoms with E-state index in [4.69, 9.17) is 11.6 Å². The van der Waals surface area contributed by atoms with Crippen LogP contribution in [0.3, 0.4) is 0 Å². The molecule has 1 amide bonds. The van der Waals surface area contributed by atoms with E-state index in [2.05, 4.69) is 9.88 Å². The minimum atomic E-state index is 0.112. The maximum atomic E-state index is 12.5. The van der Waals surface area contributed by atoms with E-state index in [9.17, 15) is 9.90 Å². The van der Waals surface area contributed by atoms with Crippen molar-refractivity contribution in [1.82, 2.24) is 19.4 Å². The summed E-state index contributed by atoms with van der Waals surface area (Å²) in [5, 5.41) is 10.1. The Morgan fingerprint density at radius 2 is 2.12 bits per heavy atom. The van der Waals surface area contributed by atoms with Gasteiger partial charge in [0.1, 0.15) is 18.1 Å². The van der Waals surface area contributed by atoms with E-state index in [1.807, 2.05) is 28.7 Å². The highest BCUT2D eigenvalue weighted by Crippen LogP contribution is 2.27. The number of nitrogens with zero attached hydrogens (tertiary/aromatic N) is 4. The van der Waals surface area contributed by atoms with Crippen LogP contribution in [-0.4, -0.2) is 56.5 Å². The number of hydrogen-bond acceptors (Lipinski definition) is 4. The van der Waals surface area contributed by atoms with E-state index in [0.717, 1.165) is 37.4 Å². The third-order valence-electron chi connectivity index (χ3n) is 4.62. The molecule has 6 nitrogen and oxygen atoms in total. The lowest BCUT2D eigenvalue weighted by molar-refractivity contribution is -0.131. The highest BCUT2D eigenvalue weighted by atomic mass is 35.5. The van der Waals surface area contributed by atoms with Gasteiger partial charge in [-0.1, -0.05) is 23.7 Å². The number of phenolic OH excluding ortho intramolecular Hbond substituents is 1. The molecule has 0 saturated carbocycles. The molecule has 2 heterocycles. The van der Waals surface area contributed by atoms with Gasteiger partial charge in [-0.3, -0.25) is 9.69 Å². The Morgan fingerprint density at radius 1 is 1.28 bits per heavy atom. The lowest BCUT2D eigenvalue weighted by Gasteiger charge is -2.23. The average molecular weight is 363 g/mol. The molecule has 0 radical (unpaired) electrons. The fourth-order valence-corrected chi connectivity index (χ4v) is 3.31. The summed E-state index contributed by atoms with van der Waals surface area (Å²) in [5.74, 6) is 1.09. The summed E-state index contributed by atoms with van der Waals surface area (Å²) in [7, 11) is 0. The van der Waals surface area contributed by atoms with Crippen LogP contribution in [0, 0.1) is 6.92 Å². The first-order valence-corrected chi connectivity index (χ1v) is 8.86. The molecule has 1 fully saturated rings. The minimum Gasteiger partial charge on any atom is -0.506 e. The summed E-state index contributed by atoms with van der Waals surface area (Å²) in [5.41, 5.74) is 0.912. The van der Waals surface area contributed by atoms with Gasteiger partial charge in [0.05, 0.1) is 5.02 Å². The Bertz CT molecular complexity index is 746. The number of aryl methyl sites for hydroxylation is 1. The van der Waals surface area contributed by atoms with Gasteiger partial charge in [0.25, 0.3) is 0 Å². The molecule has 7 heteroatoms. The van der Waals surface area contributed by atoms with Crippen LogP contribution in [0.25, 0.3) is 0 Å². The van der Waals surface area contributed by atoms with Gasteiger partial charge >= 0.3 is 0 Å². The summed E-state index contributed by atoms with van der Waals surface area (Å²) in [6.45, 7) is 6.07. The lowest BCUT2D eigenvalue weighted by atomic mass is 10.2. The number of hydrogen-bond donors (Lipinski definition) is 1. The zero-order valence-corrected chi connectivity index (χ0v) is 15.1. The number of carbonyl (C=O) groups is 1. The molecule has 0 unspecified atom stereocenters. The molecule has 1 saturated heterocycles. The van der Waals surface area contributed by atoms with E-state index >= 15 is 0 Å². The zero-order chi connectivity index (χ0) is 17.8. The van der Waals surface area contributed by atoms with Gasteiger partial charge in [-0.2, -0.15) is 0 Å². The minimum absolute atomic E-state index is 0.112. The molecule has 2 aromatic rings. The molecular weight excluding hydrogens is 340 g/mol. The van der Waals surface area contributed by atoms with Gasteiger partial charge in [0.15, 0.2) is 0 Å². The zero-order valence-electron chi connectivity index (χ0n) is 14.4. The predicted molar refractivity (Wildman–Crippen MR) is 96.6 cm³/mol. The van der Waals surface area contributed by atoms with Crippen molar-refractivity contribution < 1.29 is 9.90 Å². The summed E-state index contributed by atoms with van der Waals surface area (Å²) in [6, 6.07) is 5.32. The number of benzene rings is 1. The third-order valence-corrected chi connectivity index (χ3v) is 5.06. The molecule has 0 bridgehead atoms. The standard InChI is InChI=1S/C18H23ClN4O2/c1-14-20-6-9-23(14)13-17(25)22-8-3-7-21(10-11-22)12-15-4-2-5-16(24)18(15)19/h2,4-6,9,24H,3,7-8,10-13H2,1H3. The van der Waals surface area contributed by atoms with Crippen LogP contribution in [0.4, 0.5) is 0 Å². The normalized spacial score (nSPS) is 16.0. The van der Waals surface area contributed by atoms with Crippen LogP contribution in [0.2, 0.25) is 5.02 Å². The van der Waals surface area contributed by atoms with Gasteiger partial charge in [-0.05, 0) is 25.0 Å². The van der Waals surface area contributed by atoms with E-state index in [-0.39, 0.29) is 11.7 Å². The number of carbonyl (C=O) groups excluding carboxylic acids is 1. The van der Waals surface area contributed by atoms with Crippen molar-refractivity contribution >= 4 is 17.5 Å². The number of imidazole rings is 1. The molecule has 1 aromatic heterocycles. The van der Waals surface area contributed by atoms with Crippen molar-refractivity contribution in [3.8, 4) is 5.75 Å². The second-order valence-electron chi connectivity index (χ2n) is 6.36. The summed E-state index contributed by atoms with van der Waals surface area (Å²) in [4.78, 5) is 20.9. The number of rotatable bonds is 4. The monoisotopic (exact) mass is 362 g/mol. The molecule has 0 aliphatic carbocycles. The van der Waals surface area contributed by atoms with E-state index in [1.54, 1.807) is 18.3 Å². The van der Waals surface area contributed by atoms with Crippen LogP contribution in [0.5, 0.6) is 5.75 Å². The predicted octanol–water partition coefficient (Wildman–Crippen LogP) is 2.29. The molecule has 1 aliphatic rings. The Hall–Kier alpha value is -2.05. The Morgan fingerprint density at radius 3 is 2.88 bits per heavy atom. The van der Waals surface area contributed by atoms with Crippen molar-refractivity contribution in [3.63, 3.8) is 0 Å². The number of aromatic hydroxyl groups is 1. The van der Waals surface area contributed by atoms with Crippen LogP contribution in [0.1, 0.15) is 17.8 Å². The van der Waals surface area contributed by atoms with Crippen molar-refractivity contribution in [1.29, 1.82) is 0 Å². The first-order valence-electron chi connectivity index (χ1n) is 8.49. The van der Waals surface area contributed by atoms with E-state index in [0.29, 0.717) is 24.7 Å². The third kappa shape index (κ3) is 4.32. The second kappa shape index (κ2) is 7.89. The van der Waals surface area contributed by atoms with Crippen LogP contribution in [0.15, 0.2) is 30.6 Å². The molecule has 1 aliphatic heterocycles. The van der Waals surface area contributed by atoms with Gasteiger partial charge in [0.2, 0.25) is 5.91 Å².